The van der Waals surface area contributed by atoms with Gasteiger partial charge in [0.05, 0.1) is 5.69 Å². The number of amides is 1. The first-order valence-electron chi connectivity index (χ1n) is 5.03. The number of carbonyl (C=O) groups excluding carboxylic acids is 1. The molecule has 1 aromatic heterocycles. The smallest absolute Gasteiger partial charge is 0.228 e. The molecule has 1 aromatic rings. The third-order valence-corrected chi connectivity index (χ3v) is 3.45. The minimum atomic E-state index is 0.00426. The van der Waals surface area contributed by atoms with E-state index in [1.165, 1.54) is 5.56 Å². The van der Waals surface area contributed by atoms with Gasteiger partial charge in [-0.2, -0.15) is 16.9 Å². The van der Waals surface area contributed by atoms with Crippen LogP contribution in [-0.4, -0.2) is 15.7 Å². The molecule has 0 saturated heterocycles. The molecule has 2 heterocycles. The SMILES string of the molecule is CC(C)C(=O)Nc1c2c(nn1C)CSC2. The Labute approximate surface area is 93.4 Å². The maximum Gasteiger partial charge on any atom is 0.228 e. The summed E-state index contributed by atoms with van der Waals surface area (Å²) in [5, 5.41) is 7.32. The summed E-state index contributed by atoms with van der Waals surface area (Å²) in [6.45, 7) is 3.78. The minimum absolute atomic E-state index is 0.00426. The van der Waals surface area contributed by atoms with E-state index in [0.717, 1.165) is 23.0 Å². The summed E-state index contributed by atoms with van der Waals surface area (Å²) in [6, 6.07) is 0. The van der Waals surface area contributed by atoms with Gasteiger partial charge in [0.25, 0.3) is 0 Å². The molecule has 0 unspecified atom stereocenters. The van der Waals surface area contributed by atoms with Gasteiger partial charge >= 0.3 is 0 Å². The Kier molecular flexibility index (Phi) is 2.73. The molecular formula is C10H15N3OS. The van der Waals surface area contributed by atoms with Gasteiger partial charge in [0.1, 0.15) is 5.82 Å². The van der Waals surface area contributed by atoms with Crippen LogP contribution in [0.15, 0.2) is 0 Å². The van der Waals surface area contributed by atoms with Crippen molar-refractivity contribution in [3.05, 3.63) is 11.3 Å². The number of anilines is 1. The molecule has 0 radical (unpaired) electrons. The maximum atomic E-state index is 11.6. The van der Waals surface area contributed by atoms with Crippen LogP contribution in [0.4, 0.5) is 5.82 Å². The molecule has 0 fully saturated rings. The van der Waals surface area contributed by atoms with Gasteiger partial charge in [-0.3, -0.25) is 9.48 Å². The zero-order valence-electron chi connectivity index (χ0n) is 9.20. The number of thioether (sulfide) groups is 1. The third-order valence-electron chi connectivity index (χ3n) is 2.48. The molecule has 0 atom stereocenters. The number of fused-ring (bicyclic) bond motifs is 1. The zero-order valence-corrected chi connectivity index (χ0v) is 10.0. The van der Waals surface area contributed by atoms with Crippen molar-refractivity contribution >= 4 is 23.5 Å². The van der Waals surface area contributed by atoms with E-state index in [4.69, 9.17) is 0 Å². The summed E-state index contributed by atoms with van der Waals surface area (Å²) < 4.78 is 1.77. The van der Waals surface area contributed by atoms with Crippen LogP contribution in [0.25, 0.3) is 0 Å². The van der Waals surface area contributed by atoms with Gasteiger partial charge in [-0.25, -0.2) is 0 Å². The number of aryl methyl sites for hydroxylation is 1. The fourth-order valence-electron chi connectivity index (χ4n) is 1.56. The van der Waals surface area contributed by atoms with Crippen LogP contribution < -0.4 is 5.32 Å². The van der Waals surface area contributed by atoms with Crippen molar-refractivity contribution in [1.82, 2.24) is 9.78 Å². The van der Waals surface area contributed by atoms with E-state index in [9.17, 15) is 4.79 Å². The second-order valence-corrected chi connectivity index (χ2v) is 5.02. The largest absolute Gasteiger partial charge is 0.310 e. The Morgan fingerprint density at radius 2 is 2.27 bits per heavy atom. The highest BCUT2D eigenvalue weighted by Crippen LogP contribution is 2.34. The molecule has 1 N–H and O–H groups in total. The van der Waals surface area contributed by atoms with Gasteiger partial charge < -0.3 is 5.32 Å². The van der Waals surface area contributed by atoms with Crippen molar-refractivity contribution in [2.24, 2.45) is 13.0 Å². The average Bonchev–Trinajstić information content (AvgIpc) is 2.69. The molecule has 1 aliphatic rings. The lowest BCUT2D eigenvalue weighted by molar-refractivity contribution is -0.118. The number of nitrogens with one attached hydrogen (secondary N) is 1. The van der Waals surface area contributed by atoms with Crippen molar-refractivity contribution in [2.75, 3.05) is 5.32 Å². The molecule has 82 valence electrons. The van der Waals surface area contributed by atoms with Gasteiger partial charge in [-0.1, -0.05) is 13.8 Å². The Hall–Kier alpha value is -0.970. The average molecular weight is 225 g/mol. The van der Waals surface area contributed by atoms with Crippen LogP contribution in [0.2, 0.25) is 0 Å². The number of rotatable bonds is 2. The Balaban J connectivity index is 2.25. The number of hydrogen-bond acceptors (Lipinski definition) is 3. The second kappa shape index (κ2) is 3.89. The molecule has 4 nitrogen and oxygen atoms in total. The highest BCUT2D eigenvalue weighted by Gasteiger charge is 2.22. The first-order chi connectivity index (χ1) is 7.09. The molecule has 0 spiro atoms. The normalized spacial score (nSPS) is 14.4. The summed E-state index contributed by atoms with van der Waals surface area (Å²) in [4.78, 5) is 11.6. The molecular weight excluding hydrogens is 210 g/mol. The van der Waals surface area contributed by atoms with Gasteiger partial charge in [-0.05, 0) is 0 Å². The Morgan fingerprint density at radius 3 is 2.93 bits per heavy atom. The number of nitrogens with zero attached hydrogens (tertiary/aromatic N) is 2. The van der Waals surface area contributed by atoms with Crippen molar-refractivity contribution in [3.8, 4) is 0 Å². The highest BCUT2D eigenvalue weighted by molar-refractivity contribution is 7.98. The van der Waals surface area contributed by atoms with Gasteiger partial charge in [0.15, 0.2) is 0 Å². The van der Waals surface area contributed by atoms with Crippen LogP contribution in [0, 0.1) is 5.92 Å². The standard InChI is InChI=1S/C10H15N3OS/c1-6(2)10(14)11-9-7-4-15-5-8(7)12-13(9)3/h6H,4-5H2,1-3H3,(H,11,14). The lowest BCUT2D eigenvalue weighted by atomic mass is 10.2. The van der Waals surface area contributed by atoms with Crippen LogP contribution in [0.3, 0.4) is 0 Å². The number of aromatic nitrogens is 2. The molecule has 0 saturated carbocycles. The molecule has 0 aromatic carbocycles. The molecule has 0 aliphatic carbocycles. The quantitative estimate of drug-likeness (QED) is 0.834. The third kappa shape index (κ3) is 1.88. The minimum Gasteiger partial charge on any atom is -0.310 e. The predicted molar refractivity (Wildman–Crippen MR) is 61.7 cm³/mol. The second-order valence-electron chi connectivity index (χ2n) is 4.03. The monoisotopic (exact) mass is 225 g/mol. The number of carbonyl (C=O) groups is 1. The fourth-order valence-corrected chi connectivity index (χ4v) is 2.59. The molecule has 0 bridgehead atoms. The summed E-state index contributed by atoms with van der Waals surface area (Å²) in [5.41, 5.74) is 2.30. The summed E-state index contributed by atoms with van der Waals surface area (Å²) in [7, 11) is 1.87. The first-order valence-corrected chi connectivity index (χ1v) is 6.18. The lowest BCUT2D eigenvalue weighted by Crippen LogP contribution is -2.20. The van der Waals surface area contributed by atoms with Crippen LogP contribution in [0.5, 0.6) is 0 Å². The molecule has 15 heavy (non-hydrogen) atoms. The van der Waals surface area contributed by atoms with E-state index in [-0.39, 0.29) is 11.8 Å². The van der Waals surface area contributed by atoms with Crippen molar-refractivity contribution < 1.29 is 4.79 Å². The van der Waals surface area contributed by atoms with Crippen molar-refractivity contribution in [1.29, 1.82) is 0 Å². The molecule has 2 rings (SSSR count). The fraction of sp³-hybridized carbons (Fsp3) is 0.600. The molecule has 1 aliphatic heterocycles. The van der Waals surface area contributed by atoms with Gasteiger partial charge in [-0.15, -0.1) is 0 Å². The Bertz CT molecular complexity index is 398. The topological polar surface area (TPSA) is 46.9 Å². The van der Waals surface area contributed by atoms with Gasteiger partial charge in [0.2, 0.25) is 5.91 Å². The van der Waals surface area contributed by atoms with E-state index in [0.29, 0.717) is 0 Å². The summed E-state index contributed by atoms with van der Waals surface area (Å²) >= 11 is 1.84. The van der Waals surface area contributed by atoms with E-state index in [2.05, 4.69) is 10.4 Å². The van der Waals surface area contributed by atoms with Gasteiger partial charge in [0, 0.05) is 30.0 Å². The van der Waals surface area contributed by atoms with E-state index >= 15 is 0 Å². The zero-order chi connectivity index (χ0) is 11.0. The first kappa shape index (κ1) is 10.5. The molecule has 1 amide bonds. The number of hydrogen-bond donors (Lipinski definition) is 1. The summed E-state index contributed by atoms with van der Waals surface area (Å²) in [6.07, 6.45) is 0. The van der Waals surface area contributed by atoms with Crippen molar-refractivity contribution in [2.45, 2.75) is 25.4 Å². The van der Waals surface area contributed by atoms with Crippen LogP contribution >= 0.6 is 11.8 Å². The predicted octanol–water partition coefficient (Wildman–Crippen LogP) is 1.76. The van der Waals surface area contributed by atoms with Crippen molar-refractivity contribution in [3.63, 3.8) is 0 Å². The summed E-state index contributed by atoms with van der Waals surface area (Å²) in [5.74, 6) is 2.84. The Morgan fingerprint density at radius 1 is 1.53 bits per heavy atom. The van der Waals surface area contributed by atoms with Crippen LogP contribution in [0.1, 0.15) is 25.1 Å². The van der Waals surface area contributed by atoms with E-state index in [1.54, 1.807) is 4.68 Å². The lowest BCUT2D eigenvalue weighted by Gasteiger charge is -2.09. The maximum absolute atomic E-state index is 11.6. The highest BCUT2D eigenvalue weighted by atomic mass is 32.2. The molecule has 5 heteroatoms. The van der Waals surface area contributed by atoms with Crippen LogP contribution in [-0.2, 0) is 23.3 Å². The van der Waals surface area contributed by atoms with E-state index < -0.39 is 0 Å². The van der Waals surface area contributed by atoms with E-state index in [1.807, 2.05) is 32.7 Å².